The molecule has 1 fully saturated rings. The second-order valence-electron chi connectivity index (χ2n) is 5.34. The van der Waals surface area contributed by atoms with Gasteiger partial charge in [-0.3, -0.25) is 4.79 Å². The van der Waals surface area contributed by atoms with E-state index in [9.17, 15) is 4.79 Å². The number of anilines is 1. The molecule has 104 valence electrons. The summed E-state index contributed by atoms with van der Waals surface area (Å²) < 4.78 is 1.02. The van der Waals surface area contributed by atoms with Crippen molar-refractivity contribution in [3.63, 3.8) is 0 Å². The number of rotatable bonds is 4. The molecule has 1 saturated heterocycles. The summed E-state index contributed by atoms with van der Waals surface area (Å²) in [6.45, 7) is 2.33. The lowest BCUT2D eigenvalue weighted by atomic mass is 9.92. The quantitative estimate of drug-likeness (QED) is 0.919. The zero-order chi connectivity index (χ0) is 13.7. The van der Waals surface area contributed by atoms with Crippen molar-refractivity contribution in [2.45, 2.75) is 25.7 Å². The van der Waals surface area contributed by atoms with Crippen LogP contribution in [0, 0.1) is 5.92 Å². The van der Waals surface area contributed by atoms with Gasteiger partial charge in [-0.25, -0.2) is 0 Å². The number of hydrogen-bond acceptors (Lipinski definition) is 2. The van der Waals surface area contributed by atoms with Gasteiger partial charge in [-0.15, -0.1) is 0 Å². The molecule has 0 spiro atoms. The zero-order valence-electron chi connectivity index (χ0n) is 11.4. The summed E-state index contributed by atoms with van der Waals surface area (Å²) in [7, 11) is 2.16. The zero-order valence-corrected chi connectivity index (χ0v) is 12.9. The van der Waals surface area contributed by atoms with Crippen LogP contribution in [0.3, 0.4) is 0 Å². The van der Waals surface area contributed by atoms with Crippen LogP contribution in [0.4, 0.5) is 5.69 Å². The summed E-state index contributed by atoms with van der Waals surface area (Å²) in [5.74, 6) is 0.841. The number of likely N-dealkylation sites (tertiary alicyclic amines) is 1. The van der Waals surface area contributed by atoms with Gasteiger partial charge in [0.2, 0.25) is 5.91 Å². The molecular weight excluding hydrogens is 304 g/mol. The summed E-state index contributed by atoms with van der Waals surface area (Å²) in [4.78, 5) is 14.2. The van der Waals surface area contributed by atoms with Crippen molar-refractivity contribution < 1.29 is 4.79 Å². The molecular formula is C15H21BrN2O. The lowest BCUT2D eigenvalue weighted by molar-refractivity contribution is -0.116. The highest BCUT2D eigenvalue weighted by Gasteiger charge is 2.17. The molecule has 1 aromatic carbocycles. The van der Waals surface area contributed by atoms with Crippen molar-refractivity contribution in [2.75, 3.05) is 25.5 Å². The van der Waals surface area contributed by atoms with E-state index in [-0.39, 0.29) is 5.91 Å². The summed E-state index contributed by atoms with van der Waals surface area (Å²) in [5, 5.41) is 2.95. The molecule has 0 aromatic heterocycles. The van der Waals surface area contributed by atoms with Gasteiger partial charge in [-0.05, 0) is 69.6 Å². The first-order valence-electron chi connectivity index (χ1n) is 6.87. The molecule has 1 aromatic rings. The molecule has 0 radical (unpaired) electrons. The molecule has 19 heavy (non-hydrogen) atoms. The molecule has 1 amide bonds. The number of piperidine rings is 1. The van der Waals surface area contributed by atoms with Gasteiger partial charge >= 0.3 is 0 Å². The van der Waals surface area contributed by atoms with Crippen LogP contribution < -0.4 is 5.32 Å². The minimum Gasteiger partial charge on any atom is -0.326 e. The standard InChI is InChI=1S/C15H21BrN2O/c1-18-10-8-12(9-11-18)2-7-15(19)17-14-5-3-13(16)4-6-14/h3-6,12H,2,7-11H2,1H3,(H,17,19). The predicted molar refractivity (Wildman–Crippen MR) is 82.2 cm³/mol. The smallest absolute Gasteiger partial charge is 0.224 e. The number of nitrogens with zero attached hydrogens (tertiary/aromatic N) is 1. The Balaban J connectivity index is 1.71. The minimum atomic E-state index is 0.126. The molecule has 0 unspecified atom stereocenters. The third kappa shape index (κ3) is 4.96. The summed E-state index contributed by atoms with van der Waals surface area (Å²) in [6.07, 6.45) is 4.09. The first-order chi connectivity index (χ1) is 9.13. The summed E-state index contributed by atoms with van der Waals surface area (Å²) in [6, 6.07) is 7.70. The van der Waals surface area contributed by atoms with Crippen LogP contribution in [0.2, 0.25) is 0 Å². The molecule has 0 aliphatic carbocycles. The van der Waals surface area contributed by atoms with E-state index in [1.807, 2.05) is 24.3 Å². The molecule has 0 saturated carbocycles. The fourth-order valence-corrected chi connectivity index (χ4v) is 2.71. The lowest BCUT2D eigenvalue weighted by Gasteiger charge is -2.28. The maximum absolute atomic E-state index is 11.9. The number of nitrogens with one attached hydrogen (secondary N) is 1. The van der Waals surface area contributed by atoms with E-state index in [0.29, 0.717) is 12.3 Å². The molecule has 1 aliphatic rings. The van der Waals surface area contributed by atoms with E-state index in [4.69, 9.17) is 0 Å². The van der Waals surface area contributed by atoms with Gasteiger partial charge in [0.1, 0.15) is 0 Å². The molecule has 0 atom stereocenters. The fraction of sp³-hybridized carbons (Fsp3) is 0.533. The Bertz CT molecular complexity index is 411. The van der Waals surface area contributed by atoms with Crippen LogP contribution in [0.15, 0.2) is 28.7 Å². The maximum atomic E-state index is 11.9. The van der Waals surface area contributed by atoms with E-state index in [1.54, 1.807) is 0 Å². The Labute approximate surface area is 123 Å². The Kier molecular flexibility index (Phi) is 5.40. The summed E-state index contributed by atoms with van der Waals surface area (Å²) >= 11 is 3.38. The third-order valence-corrected chi connectivity index (χ3v) is 4.27. The number of carbonyl (C=O) groups is 1. The first-order valence-corrected chi connectivity index (χ1v) is 7.67. The van der Waals surface area contributed by atoms with Gasteiger partial charge in [0, 0.05) is 16.6 Å². The monoisotopic (exact) mass is 324 g/mol. The van der Waals surface area contributed by atoms with E-state index in [1.165, 1.54) is 25.9 Å². The van der Waals surface area contributed by atoms with E-state index in [0.717, 1.165) is 16.6 Å². The minimum absolute atomic E-state index is 0.126. The van der Waals surface area contributed by atoms with Gasteiger partial charge in [0.05, 0.1) is 0 Å². The highest BCUT2D eigenvalue weighted by molar-refractivity contribution is 9.10. The maximum Gasteiger partial charge on any atom is 0.224 e. The van der Waals surface area contributed by atoms with Crippen LogP contribution in [0.25, 0.3) is 0 Å². The molecule has 4 heteroatoms. The Morgan fingerprint density at radius 2 is 1.95 bits per heavy atom. The predicted octanol–water partition coefficient (Wildman–Crippen LogP) is 3.51. The Morgan fingerprint density at radius 3 is 2.58 bits per heavy atom. The lowest BCUT2D eigenvalue weighted by Crippen LogP contribution is -2.30. The van der Waals surface area contributed by atoms with Crippen molar-refractivity contribution in [3.8, 4) is 0 Å². The molecule has 1 aliphatic heterocycles. The number of carbonyl (C=O) groups excluding carboxylic acids is 1. The Hall–Kier alpha value is -0.870. The fourth-order valence-electron chi connectivity index (χ4n) is 2.44. The second kappa shape index (κ2) is 7.06. The van der Waals surface area contributed by atoms with Crippen molar-refractivity contribution in [1.82, 2.24) is 4.90 Å². The second-order valence-corrected chi connectivity index (χ2v) is 6.26. The Morgan fingerprint density at radius 1 is 1.32 bits per heavy atom. The molecule has 1 heterocycles. The van der Waals surface area contributed by atoms with Gasteiger partial charge in [-0.2, -0.15) is 0 Å². The number of benzene rings is 1. The van der Waals surface area contributed by atoms with Gasteiger partial charge in [-0.1, -0.05) is 15.9 Å². The van der Waals surface area contributed by atoms with Crippen LogP contribution in [-0.2, 0) is 4.79 Å². The van der Waals surface area contributed by atoms with E-state index in [2.05, 4.69) is 33.2 Å². The van der Waals surface area contributed by atoms with Gasteiger partial charge in [0.15, 0.2) is 0 Å². The van der Waals surface area contributed by atoms with E-state index >= 15 is 0 Å². The molecule has 2 rings (SSSR count). The van der Waals surface area contributed by atoms with Gasteiger partial charge in [0.25, 0.3) is 0 Å². The highest BCUT2D eigenvalue weighted by atomic mass is 79.9. The largest absolute Gasteiger partial charge is 0.326 e. The first kappa shape index (κ1) is 14.5. The van der Waals surface area contributed by atoms with Crippen LogP contribution in [-0.4, -0.2) is 30.9 Å². The van der Waals surface area contributed by atoms with Crippen molar-refractivity contribution >= 4 is 27.5 Å². The molecule has 0 bridgehead atoms. The highest BCUT2D eigenvalue weighted by Crippen LogP contribution is 2.21. The molecule has 1 N–H and O–H groups in total. The SMILES string of the molecule is CN1CCC(CCC(=O)Nc2ccc(Br)cc2)CC1. The average molecular weight is 325 g/mol. The topological polar surface area (TPSA) is 32.3 Å². The van der Waals surface area contributed by atoms with Crippen LogP contribution in [0.1, 0.15) is 25.7 Å². The van der Waals surface area contributed by atoms with Crippen LogP contribution in [0.5, 0.6) is 0 Å². The number of amides is 1. The average Bonchev–Trinajstić information content (AvgIpc) is 2.41. The number of hydrogen-bond donors (Lipinski definition) is 1. The van der Waals surface area contributed by atoms with Crippen molar-refractivity contribution in [2.24, 2.45) is 5.92 Å². The van der Waals surface area contributed by atoms with Crippen molar-refractivity contribution in [1.29, 1.82) is 0 Å². The summed E-state index contributed by atoms with van der Waals surface area (Å²) in [5.41, 5.74) is 0.872. The molecule has 3 nitrogen and oxygen atoms in total. The van der Waals surface area contributed by atoms with E-state index < -0.39 is 0 Å². The van der Waals surface area contributed by atoms with Crippen LogP contribution >= 0.6 is 15.9 Å². The number of halogens is 1. The van der Waals surface area contributed by atoms with Crippen molar-refractivity contribution in [3.05, 3.63) is 28.7 Å². The third-order valence-electron chi connectivity index (χ3n) is 3.75. The van der Waals surface area contributed by atoms with Gasteiger partial charge < -0.3 is 10.2 Å². The normalized spacial score (nSPS) is 17.4.